The van der Waals surface area contributed by atoms with Gasteiger partial charge in [0.1, 0.15) is 0 Å². The molecular weight excluding hydrogens is 222 g/mol. The largest absolute Gasteiger partial charge is 0.387 e. The SMILES string of the molecule is CCCCCC(O)c1cccn1-c1ccccc1. The Bertz CT molecular complexity index is 461. The molecule has 0 bridgehead atoms. The van der Waals surface area contributed by atoms with Crippen LogP contribution >= 0.6 is 0 Å². The molecule has 1 aromatic carbocycles. The topological polar surface area (TPSA) is 25.2 Å². The zero-order valence-electron chi connectivity index (χ0n) is 10.9. The van der Waals surface area contributed by atoms with Crippen LogP contribution in [0.2, 0.25) is 0 Å². The van der Waals surface area contributed by atoms with E-state index in [1.54, 1.807) is 0 Å². The van der Waals surface area contributed by atoms with Crippen molar-refractivity contribution in [3.8, 4) is 5.69 Å². The standard InChI is InChI=1S/C16H21NO/c1-2-3-5-12-16(18)15-11-8-13-17(15)14-9-6-4-7-10-14/h4,6-11,13,16,18H,2-3,5,12H2,1H3. The summed E-state index contributed by atoms with van der Waals surface area (Å²) in [5.74, 6) is 0. The second kappa shape index (κ2) is 6.41. The van der Waals surface area contributed by atoms with Gasteiger partial charge in [-0.25, -0.2) is 0 Å². The molecule has 0 aliphatic heterocycles. The highest BCUT2D eigenvalue weighted by Crippen LogP contribution is 2.23. The highest BCUT2D eigenvalue weighted by molar-refractivity contribution is 5.35. The molecule has 2 aromatic rings. The summed E-state index contributed by atoms with van der Waals surface area (Å²) in [6, 6.07) is 14.1. The number of aliphatic hydroxyl groups excluding tert-OH is 1. The average Bonchev–Trinajstić information content (AvgIpc) is 2.89. The minimum Gasteiger partial charge on any atom is -0.387 e. The Kier molecular flexibility index (Phi) is 4.59. The van der Waals surface area contributed by atoms with Gasteiger partial charge in [-0.1, -0.05) is 44.4 Å². The molecule has 0 saturated carbocycles. The molecule has 0 radical (unpaired) electrons. The fourth-order valence-corrected chi connectivity index (χ4v) is 2.22. The van der Waals surface area contributed by atoms with Gasteiger partial charge in [0.2, 0.25) is 0 Å². The molecule has 0 fully saturated rings. The van der Waals surface area contributed by atoms with E-state index in [0.717, 1.165) is 24.2 Å². The number of hydrogen-bond acceptors (Lipinski definition) is 1. The number of nitrogens with zero attached hydrogens (tertiary/aromatic N) is 1. The summed E-state index contributed by atoms with van der Waals surface area (Å²) < 4.78 is 2.07. The van der Waals surface area contributed by atoms with Crippen molar-refractivity contribution in [3.05, 3.63) is 54.4 Å². The van der Waals surface area contributed by atoms with Crippen LogP contribution in [-0.4, -0.2) is 9.67 Å². The highest BCUT2D eigenvalue weighted by Gasteiger charge is 2.12. The Hall–Kier alpha value is -1.54. The van der Waals surface area contributed by atoms with Crippen LogP contribution in [-0.2, 0) is 0 Å². The summed E-state index contributed by atoms with van der Waals surface area (Å²) in [6.07, 6.45) is 5.93. The van der Waals surface area contributed by atoms with Crippen molar-refractivity contribution in [2.45, 2.75) is 38.7 Å². The molecule has 0 saturated heterocycles. The van der Waals surface area contributed by atoms with E-state index in [-0.39, 0.29) is 6.10 Å². The van der Waals surface area contributed by atoms with E-state index in [2.05, 4.69) is 23.6 Å². The fraction of sp³-hybridized carbons (Fsp3) is 0.375. The average molecular weight is 243 g/mol. The van der Waals surface area contributed by atoms with Gasteiger partial charge in [0.25, 0.3) is 0 Å². The van der Waals surface area contributed by atoms with Gasteiger partial charge in [0.15, 0.2) is 0 Å². The molecule has 2 heteroatoms. The lowest BCUT2D eigenvalue weighted by atomic mass is 10.1. The molecule has 96 valence electrons. The van der Waals surface area contributed by atoms with E-state index in [1.165, 1.54) is 12.8 Å². The van der Waals surface area contributed by atoms with Crippen molar-refractivity contribution in [2.24, 2.45) is 0 Å². The molecule has 1 heterocycles. The maximum Gasteiger partial charge on any atom is 0.0943 e. The number of unbranched alkanes of at least 4 members (excludes halogenated alkanes) is 2. The van der Waals surface area contributed by atoms with Gasteiger partial charge in [0.05, 0.1) is 11.8 Å². The van der Waals surface area contributed by atoms with Crippen LogP contribution in [0.15, 0.2) is 48.7 Å². The highest BCUT2D eigenvalue weighted by atomic mass is 16.3. The molecule has 18 heavy (non-hydrogen) atoms. The van der Waals surface area contributed by atoms with Gasteiger partial charge < -0.3 is 9.67 Å². The molecule has 1 atom stereocenters. The van der Waals surface area contributed by atoms with Crippen molar-refractivity contribution in [2.75, 3.05) is 0 Å². The minimum atomic E-state index is -0.369. The number of aliphatic hydroxyl groups is 1. The van der Waals surface area contributed by atoms with Crippen LogP contribution in [0.4, 0.5) is 0 Å². The predicted octanol–water partition coefficient (Wildman–Crippen LogP) is 4.09. The smallest absolute Gasteiger partial charge is 0.0943 e. The van der Waals surface area contributed by atoms with Gasteiger partial charge in [0, 0.05) is 11.9 Å². The Morgan fingerprint density at radius 3 is 2.56 bits per heavy atom. The van der Waals surface area contributed by atoms with Crippen LogP contribution in [0.25, 0.3) is 5.69 Å². The maximum atomic E-state index is 10.3. The van der Waals surface area contributed by atoms with E-state index in [9.17, 15) is 5.11 Å². The molecule has 0 spiro atoms. The number of rotatable bonds is 6. The monoisotopic (exact) mass is 243 g/mol. The molecule has 1 aromatic heterocycles. The molecule has 0 amide bonds. The third-order valence-electron chi connectivity index (χ3n) is 3.24. The van der Waals surface area contributed by atoms with Crippen molar-refractivity contribution < 1.29 is 5.11 Å². The minimum absolute atomic E-state index is 0.369. The third-order valence-corrected chi connectivity index (χ3v) is 3.24. The quantitative estimate of drug-likeness (QED) is 0.759. The molecule has 0 aliphatic rings. The lowest BCUT2D eigenvalue weighted by Gasteiger charge is -2.14. The Morgan fingerprint density at radius 1 is 1.06 bits per heavy atom. The fourth-order valence-electron chi connectivity index (χ4n) is 2.22. The number of benzene rings is 1. The first kappa shape index (κ1) is 12.9. The van der Waals surface area contributed by atoms with Crippen LogP contribution in [0, 0.1) is 0 Å². The van der Waals surface area contributed by atoms with E-state index >= 15 is 0 Å². The van der Waals surface area contributed by atoms with Crippen molar-refractivity contribution in [1.82, 2.24) is 4.57 Å². The maximum absolute atomic E-state index is 10.3. The zero-order chi connectivity index (χ0) is 12.8. The van der Waals surface area contributed by atoms with E-state index in [1.807, 2.05) is 36.5 Å². The van der Waals surface area contributed by atoms with Gasteiger partial charge in [-0.3, -0.25) is 0 Å². The molecular formula is C16H21NO. The lowest BCUT2D eigenvalue weighted by Crippen LogP contribution is -2.05. The first-order chi connectivity index (χ1) is 8.83. The van der Waals surface area contributed by atoms with E-state index in [0.29, 0.717) is 0 Å². The molecule has 1 unspecified atom stereocenters. The molecule has 2 rings (SSSR count). The van der Waals surface area contributed by atoms with E-state index in [4.69, 9.17) is 0 Å². The van der Waals surface area contributed by atoms with Gasteiger partial charge >= 0.3 is 0 Å². The first-order valence-corrected chi connectivity index (χ1v) is 6.73. The molecule has 0 aliphatic carbocycles. The van der Waals surface area contributed by atoms with Crippen LogP contribution in [0.5, 0.6) is 0 Å². The Morgan fingerprint density at radius 2 is 1.83 bits per heavy atom. The zero-order valence-corrected chi connectivity index (χ0v) is 10.9. The summed E-state index contributed by atoms with van der Waals surface area (Å²) in [6.45, 7) is 2.18. The van der Waals surface area contributed by atoms with Crippen LogP contribution in [0.3, 0.4) is 0 Å². The number of hydrogen-bond donors (Lipinski definition) is 1. The second-order valence-electron chi connectivity index (χ2n) is 4.65. The Balaban J connectivity index is 2.12. The van der Waals surface area contributed by atoms with Crippen molar-refractivity contribution in [1.29, 1.82) is 0 Å². The second-order valence-corrected chi connectivity index (χ2v) is 4.65. The summed E-state index contributed by atoms with van der Waals surface area (Å²) in [5.41, 5.74) is 2.09. The summed E-state index contributed by atoms with van der Waals surface area (Å²) in [5, 5.41) is 10.3. The van der Waals surface area contributed by atoms with E-state index < -0.39 is 0 Å². The van der Waals surface area contributed by atoms with Gasteiger partial charge in [-0.05, 0) is 30.7 Å². The van der Waals surface area contributed by atoms with Crippen molar-refractivity contribution in [3.63, 3.8) is 0 Å². The van der Waals surface area contributed by atoms with Gasteiger partial charge in [-0.2, -0.15) is 0 Å². The lowest BCUT2D eigenvalue weighted by molar-refractivity contribution is 0.157. The predicted molar refractivity (Wildman–Crippen MR) is 74.9 cm³/mol. The summed E-state index contributed by atoms with van der Waals surface area (Å²) in [7, 11) is 0. The molecule has 2 nitrogen and oxygen atoms in total. The normalized spacial score (nSPS) is 12.6. The molecule has 1 N–H and O–H groups in total. The summed E-state index contributed by atoms with van der Waals surface area (Å²) in [4.78, 5) is 0. The summed E-state index contributed by atoms with van der Waals surface area (Å²) >= 11 is 0. The first-order valence-electron chi connectivity index (χ1n) is 6.73. The van der Waals surface area contributed by atoms with Crippen LogP contribution < -0.4 is 0 Å². The van der Waals surface area contributed by atoms with Crippen LogP contribution in [0.1, 0.15) is 44.4 Å². The van der Waals surface area contributed by atoms with Crippen molar-refractivity contribution >= 4 is 0 Å². The Labute approximate surface area is 109 Å². The van der Waals surface area contributed by atoms with Gasteiger partial charge in [-0.15, -0.1) is 0 Å². The third kappa shape index (κ3) is 3.02. The number of para-hydroxylation sites is 1. The number of aromatic nitrogens is 1.